The first-order chi connectivity index (χ1) is 7.95. The van der Waals surface area contributed by atoms with E-state index >= 15 is 0 Å². The number of methoxy groups -OCH3 is 1. The summed E-state index contributed by atoms with van der Waals surface area (Å²) in [5.41, 5.74) is 8.55. The number of hydrogen-bond acceptors (Lipinski definition) is 2. The molecule has 1 aromatic rings. The van der Waals surface area contributed by atoms with Crippen molar-refractivity contribution in [2.45, 2.75) is 44.6 Å². The molecular formula is C14H20ClNO. The van der Waals surface area contributed by atoms with Gasteiger partial charge in [0.1, 0.15) is 5.75 Å². The summed E-state index contributed by atoms with van der Waals surface area (Å²) < 4.78 is 5.40. The molecule has 0 unspecified atom stereocenters. The van der Waals surface area contributed by atoms with Gasteiger partial charge < -0.3 is 10.5 Å². The zero-order valence-electron chi connectivity index (χ0n) is 10.7. The second kappa shape index (κ2) is 4.51. The van der Waals surface area contributed by atoms with Gasteiger partial charge in [-0.05, 0) is 42.4 Å². The van der Waals surface area contributed by atoms with Crippen molar-refractivity contribution < 1.29 is 4.74 Å². The Kier molecular flexibility index (Phi) is 3.37. The minimum atomic E-state index is -0.0216. The van der Waals surface area contributed by atoms with E-state index in [1.54, 1.807) is 7.11 Å². The molecular weight excluding hydrogens is 234 g/mol. The van der Waals surface area contributed by atoms with Crippen LogP contribution in [0.1, 0.15) is 43.7 Å². The van der Waals surface area contributed by atoms with Gasteiger partial charge in [0, 0.05) is 5.54 Å². The zero-order chi connectivity index (χ0) is 12.6. The molecule has 0 aliphatic heterocycles. The second-order valence-electron chi connectivity index (χ2n) is 5.39. The summed E-state index contributed by atoms with van der Waals surface area (Å²) in [5.74, 6) is 1.25. The molecule has 1 saturated carbocycles. The molecule has 0 spiro atoms. The molecule has 0 heterocycles. The standard InChI is InChI=1S/C14H20ClNO/c1-9(2)10-6-11(8-14(16)4-5-14)13(17-3)12(15)7-10/h6-7,9H,4-5,8,16H2,1-3H3. The van der Waals surface area contributed by atoms with Crippen molar-refractivity contribution in [3.63, 3.8) is 0 Å². The average molecular weight is 254 g/mol. The van der Waals surface area contributed by atoms with E-state index in [9.17, 15) is 0 Å². The lowest BCUT2D eigenvalue weighted by molar-refractivity contribution is 0.407. The van der Waals surface area contributed by atoms with Gasteiger partial charge >= 0.3 is 0 Å². The van der Waals surface area contributed by atoms with Crippen molar-refractivity contribution in [2.75, 3.05) is 7.11 Å². The van der Waals surface area contributed by atoms with Crippen LogP contribution in [0.3, 0.4) is 0 Å². The lowest BCUT2D eigenvalue weighted by atomic mass is 9.96. The fourth-order valence-electron chi connectivity index (χ4n) is 2.08. The Morgan fingerprint density at radius 2 is 2.06 bits per heavy atom. The van der Waals surface area contributed by atoms with E-state index in [1.807, 2.05) is 6.07 Å². The molecule has 17 heavy (non-hydrogen) atoms. The molecule has 0 atom stereocenters. The van der Waals surface area contributed by atoms with E-state index in [1.165, 1.54) is 5.56 Å². The molecule has 0 saturated heterocycles. The third kappa shape index (κ3) is 2.75. The van der Waals surface area contributed by atoms with Gasteiger partial charge in [0.25, 0.3) is 0 Å². The maximum absolute atomic E-state index is 6.26. The number of rotatable bonds is 4. The second-order valence-corrected chi connectivity index (χ2v) is 5.80. The van der Waals surface area contributed by atoms with Crippen molar-refractivity contribution in [1.29, 1.82) is 0 Å². The van der Waals surface area contributed by atoms with Crippen molar-refractivity contribution in [1.82, 2.24) is 0 Å². The van der Waals surface area contributed by atoms with Crippen LogP contribution in [0, 0.1) is 0 Å². The minimum Gasteiger partial charge on any atom is -0.495 e. The number of benzene rings is 1. The quantitative estimate of drug-likeness (QED) is 0.891. The van der Waals surface area contributed by atoms with Gasteiger partial charge in [0.15, 0.2) is 0 Å². The van der Waals surface area contributed by atoms with Gasteiger partial charge in [-0.25, -0.2) is 0 Å². The van der Waals surface area contributed by atoms with E-state index in [-0.39, 0.29) is 5.54 Å². The summed E-state index contributed by atoms with van der Waals surface area (Å²) in [7, 11) is 1.66. The fourth-order valence-corrected chi connectivity index (χ4v) is 2.41. The normalized spacial score (nSPS) is 17.3. The maximum Gasteiger partial charge on any atom is 0.140 e. The molecule has 3 heteroatoms. The van der Waals surface area contributed by atoms with Crippen LogP contribution in [0.4, 0.5) is 0 Å². The van der Waals surface area contributed by atoms with Crippen LogP contribution in [0.2, 0.25) is 5.02 Å². The van der Waals surface area contributed by atoms with Gasteiger partial charge in [-0.15, -0.1) is 0 Å². The Morgan fingerprint density at radius 1 is 1.41 bits per heavy atom. The van der Waals surface area contributed by atoms with Crippen LogP contribution in [0.15, 0.2) is 12.1 Å². The van der Waals surface area contributed by atoms with Gasteiger partial charge in [-0.1, -0.05) is 31.5 Å². The van der Waals surface area contributed by atoms with Crippen LogP contribution in [-0.2, 0) is 6.42 Å². The molecule has 0 aromatic heterocycles. The SMILES string of the molecule is COc1c(Cl)cc(C(C)C)cc1CC1(N)CC1. The third-order valence-corrected chi connectivity index (χ3v) is 3.73. The largest absolute Gasteiger partial charge is 0.495 e. The first-order valence-corrected chi connectivity index (χ1v) is 6.48. The third-order valence-electron chi connectivity index (χ3n) is 3.45. The predicted molar refractivity (Wildman–Crippen MR) is 71.9 cm³/mol. The molecule has 94 valence electrons. The first-order valence-electron chi connectivity index (χ1n) is 6.10. The topological polar surface area (TPSA) is 35.2 Å². The molecule has 0 bridgehead atoms. The Bertz CT molecular complexity index is 424. The number of ether oxygens (including phenoxy) is 1. The summed E-state index contributed by atoms with van der Waals surface area (Å²) in [5, 5.41) is 0.693. The lowest BCUT2D eigenvalue weighted by Gasteiger charge is -2.17. The Morgan fingerprint density at radius 3 is 2.53 bits per heavy atom. The smallest absolute Gasteiger partial charge is 0.140 e. The van der Waals surface area contributed by atoms with E-state index in [4.69, 9.17) is 22.1 Å². The van der Waals surface area contributed by atoms with Gasteiger partial charge in [-0.2, -0.15) is 0 Å². The molecule has 2 rings (SSSR count). The lowest BCUT2D eigenvalue weighted by Crippen LogP contribution is -2.24. The van der Waals surface area contributed by atoms with Crippen molar-refractivity contribution >= 4 is 11.6 Å². The average Bonchev–Trinajstić information content (AvgIpc) is 2.95. The number of halogens is 1. The highest BCUT2D eigenvalue weighted by atomic mass is 35.5. The monoisotopic (exact) mass is 253 g/mol. The summed E-state index contributed by atoms with van der Waals surface area (Å²) in [6, 6.07) is 4.17. The highest BCUT2D eigenvalue weighted by Gasteiger charge is 2.39. The van der Waals surface area contributed by atoms with Gasteiger partial charge in [0.05, 0.1) is 12.1 Å². The van der Waals surface area contributed by atoms with E-state index in [2.05, 4.69) is 19.9 Å². The van der Waals surface area contributed by atoms with Crippen LogP contribution in [0.25, 0.3) is 0 Å². The van der Waals surface area contributed by atoms with Crippen molar-refractivity contribution in [2.24, 2.45) is 5.73 Å². The van der Waals surface area contributed by atoms with Crippen LogP contribution < -0.4 is 10.5 Å². The van der Waals surface area contributed by atoms with E-state index < -0.39 is 0 Å². The minimum absolute atomic E-state index is 0.0216. The van der Waals surface area contributed by atoms with E-state index in [0.29, 0.717) is 10.9 Å². The molecule has 1 fully saturated rings. The van der Waals surface area contributed by atoms with Crippen LogP contribution >= 0.6 is 11.6 Å². The molecule has 0 radical (unpaired) electrons. The molecule has 1 aliphatic rings. The Hall–Kier alpha value is -0.730. The molecule has 1 aliphatic carbocycles. The fraction of sp³-hybridized carbons (Fsp3) is 0.571. The summed E-state index contributed by atoms with van der Waals surface area (Å²) >= 11 is 6.26. The Labute approximate surface area is 108 Å². The number of nitrogens with two attached hydrogens (primary N) is 1. The zero-order valence-corrected chi connectivity index (χ0v) is 11.5. The van der Waals surface area contributed by atoms with Gasteiger partial charge in [0.2, 0.25) is 0 Å². The van der Waals surface area contributed by atoms with Gasteiger partial charge in [-0.3, -0.25) is 0 Å². The van der Waals surface area contributed by atoms with Crippen LogP contribution in [-0.4, -0.2) is 12.6 Å². The molecule has 1 aromatic carbocycles. The molecule has 0 amide bonds. The van der Waals surface area contributed by atoms with Crippen molar-refractivity contribution in [3.05, 3.63) is 28.3 Å². The van der Waals surface area contributed by atoms with Crippen molar-refractivity contribution in [3.8, 4) is 5.75 Å². The maximum atomic E-state index is 6.26. The highest BCUT2D eigenvalue weighted by molar-refractivity contribution is 6.32. The molecule has 2 N–H and O–H groups in total. The first kappa shape index (κ1) is 12.7. The summed E-state index contributed by atoms with van der Waals surface area (Å²) in [4.78, 5) is 0. The van der Waals surface area contributed by atoms with E-state index in [0.717, 1.165) is 30.6 Å². The summed E-state index contributed by atoms with van der Waals surface area (Å²) in [6.07, 6.45) is 3.05. The Balaban J connectivity index is 2.38. The molecule has 2 nitrogen and oxygen atoms in total. The van der Waals surface area contributed by atoms with Crippen LogP contribution in [0.5, 0.6) is 5.75 Å². The summed E-state index contributed by atoms with van der Waals surface area (Å²) in [6.45, 7) is 4.33. The predicted octanol–water partition coefficient (Wildman–Crippen LogP) is 3.51. The number of hydrogen-bond donors (Lipinski definition) is 1. The highest BCUT2D eigenvalue weighted by Crippen LogP contribution is 2.40.